The molecule has 76 heavy (non-hydrogen) atoms. The first-order chi connectivity index (χ1) is 37.4. The lowest BCUT2D eigenvalue weighted by Gasteiger charge is -2.49. The Morgan fingerprint density at radius 2 is 1.17 bits per heavy atom. The lowest BCUT2D eigenvalue weighted by atomic mass is 9.77. The SMILES string of the molecule is COc1ccc(COC(=O)C2=C(c3cccs3)CS[C@@H]3[C@H](NC(=O)/C(=N\OC(c4ccccc4)(c4ccccc4)c4ccccc4)c4csc(NC(c5ccccc5)(c5ccccc5)c5ccccc5)n4)C(=O)N23)cc1. The van der Waals surface area contributed by atoms with E-state index in [0.29, 0.717) is 22.2 Å². The van der Waals surface area contributed by atoms with Crippen molar-refractivity contribution < 1.29 is 28.7 Å². The summed E-state index contributed by atoms with van der Waals surface area (Å²) in [5, 5.41) is 15.3. The van der Waals surface area contributed by atoms with Gasteiger partial charge in [0, 0.05) is 38.3 Å². The summed E-state index contributed by atoms with van der Waals surface area (Å²) >= 11 is 4.24. The van der Waals surface area contributed by atoms with Crippen molar-refractivity contribution in [2.24, 2.45) is 5.16 Å². The number of carbonyl (C=O) groups is 3. The molecule has 1 fully saturated rings. The molecule has 376 valence electrons. The van der Waals surface area contributed by atoms with Crippen molar-refractivity contribution in [3.05, 3.63) is 284 Å². The number of ether oxygens (including phenoxy) is 2. The molecule has 0 saturated carbocycles. The highest BCUT2D eigenvalue weighted by Gasteiger charge is 2.55. The molecule has 9 aromatic rings. The van der Waals surface area contributed by atoms with Gasteiger partial charge >= 0.3 is 5.97 Å². The molecule has 7 aromatic carbocycles. The molecule has 4 heterocycles. The molecule has 2 aliphatic heterocycles. The van der Waals surface area contributed by atoms with E-state index >= 15 is 4.79 Å². The van der Waals surface area contributed by atoms with E-state index in [0.717, 1.165) is 43.8 Å². The molecule has 0 aliphatic carbocycles. The Hall–Kier alpha value is -8.56. The number of nitrogens with zero attached hydrogens (tertiary/aromatic N) is 3. The Morgan fingerprint density at radius 3 is 1.66 bits per heavy atom. The number of methoxy groups -OCH3 is 1. The second kappa shape index (κ2) is 22.1. The molecule has 11 nitrogen and oxygen atoms in total. The molecule has 0 radical (unpaired) electrons. The number of hydrogen-bond donors (Lipinski definition) is 2. The summed E-state index contributed by atoms with van der Waals surface area (Å²) < 4.78 is 11.2. The monoisotopic (exact) mass is 1060 g/mol. The number of hydrogen-bond acceptors (Lipinski definition) is 12. The summed E-state index contributed by atoms with van der Waals surface area (Å²) in [6, 6.07) is 69.7. The van der Waals surface area contributed by atoms with Gasteiger partial charge in [-0.05, 0) is 45.8 Å². The quantitative estimate of drug-likeness (QED) is 0.0283. The predicted molar refractivity (Wildman–Crippen MR) is 301 cm³/mol. The highest BCUT2D eigenvalue weighted by molar-refractivity contribution is 8.00. The van der Waals surface area contributed by atoms with Gasteiger partial charge in [-0.15, -0.1) is 34.4 Å². The van der Waals surface area contributed by atoms with Crippen LogP contribution in [-0.2, 0) is 41.7 Å². The molecule has 11 rings (SSSR count). The van der Waals surface area contributed by atoms with Gasteiger partial charge in [0.15, 0.2) is 10.8 Å². The van der Waals surface area contributed by atoms with Crippen LogP contribution in [-0.4, -0.2) is 57.7 Å². The van der Waals surface area contributed by atoms with Crippen molar-refractivity contribution in [2.75, 3.05) is 18.2 Å². The molecule has 2 atom stereocenters. The molecular formula is C62H49N5O6S3. The summed E-state index contributed by atoms with van der Waals surface area (Å²) in [7, 11) is 1.59. The van der Waals surface area contributed by atoms with Gasteiger partial charge in [-0.3, -0.25) is 14.5 Å². The predicted octanol–water partition coefficient (Wildman–Crippen LogP) is 11.9. The average molecular weight is 1060 g/mol. The first-order valence-electron chi connectivity index (χ1n) is 24.5. The van der Waals surface area contributed by atoms with E-state index in [1.54, 1.807) is 24.6 Å². The van der Waals surface area contributed by atoms with Crippen LogP contribution in [0.3, 0.4) is 0 Å². The van der Waals surface area contributed by atoms with Crippen LogP contribution in [0.15, 0.2) is 240 Å². The number of β-lactam (4-membered cyclic amide) rings is 1. The highest BCUT2D eigenvalue weighted by atomic mass is 32.2. The van der Waals surface area contributed by atoms with Gasteiger partial charge < -0.3 is 24.9 Å². The van der Waals surface area contributed by atoms with Crippen molar-refractivity contribution >= 4 is 68.6 Å². The highest BCUT2D eigenvalue weighted by Crippen LogP contribution is 2.46. The number of thioether (sulfide) groups is 1. The van der Waals surface area contributed by atoms with Gasteiger partial charge in [-0.2, -0.15) is 0 Å². The van der Waals surface area contributed by atoms with E-state index < -0.39 is 40.3 Å². The molecule has 2 aliphatic rings. The van der Waals surface area contributed by atoms with Crippen LogP contribution in [0.5, 0.6) is 5.75 Å². The molecule has 0 spiro atoms. The molecule has 2 aromatic heterocycles. The minimum atomic E-state index is -1.36. The first kappa shape index (κ1) is 49.6. The van der Waals surface area contributed by atoms with Crippen molar-refractivity contribution in [1.82, 2.24) is 15.2 Å². The third-order valence-corrected chi connectivity index (χ3v) is 16.5. The lowest BCUT2D eigenvalue weighted by Crippen LogP contribution is -2.71. The molecule has 1 saturated heterocycles. The second-order valence-corrected chi connectivity index (χ2v) is 20.8. The number of nitrogens with one attached hydrogen (secondary N) is 2. The van der Waals surface area contributed by atoms with Gasteiger partial charge in [0.25, 0.3) is 11.8 Å². The number of carbonyl (C=O) groups excluding carboxylic acids is 3. The van der Waals surface area contributed by atoms with Crippen LogP contribution in [0, 0.1) is 0 Å². The van der Waals surface area contributed by atoms with E-state index in [1.165, 1.54) is 39.3 Å². The van der Waals surface area contributed by atoms with Crippen LogP contribution in [0.1, 0.15) is 49.5 Å². The van der Waals surface area contributed by atoms with Gasteiger partial charge in [-0.25, -0.2) is 9.78 Å². The maximum atomic E-state index is 15.4. The number of rotatable bonds is 18. The summed E-state index contributed by atoms with van der Waals surface area (Å²) in [6.45, 7) is -0.0199. The second-order valence-electron chi connectivity index (χ2n) is 17.9. The number of esters is 1. The summed E-state index contributed by atoms with van der Waals surface area (Å²) in [6.07, 6.45) is 0. The van der Waals surface area contributed by atoms with E-state index in [2.05, 4.69) is 47.0 Å². The fourth-order valence-electron chi connectivity index (χ4n) is 9.77. The Bertz CT molecular complexity index is 3320. The lowest BCUT2D eigenvalue weighted by molar-refractivity contribution is -0.152. The zero-order valence-corrected chi connectivity index (χ0v) is 43.5. The maximum absolute atomic E-state index is 15.4. The molecule has 14 heteroatoms. The van der Waals surface area contributed by atoms with E-state index in [-0.39, 0.29) is 23.7 Å². The Morgan fingerprint density at radius 1 is 0.658 bits per heavy atom. The number of aromatic nitrogens is 1. The molecule has 2 N–H and O–H groups in total. The molecule has 0 bridgehead atoms. The number of benzene rings is 7. The number of thiazole rings is 1. The minimum absolute atomic E-state index is 0.0199. The van der Waals surface area contributed by atoms with E-state index in [9.17, 15) is 9.59 Å². The topological polar surface area (TPSA) is 131 Å². The summed E-state index contributed by atoms with van der Waals surface area (Å²) in [5.41, 5.74) is 4.54. The Labute approximate surface area is 452 Å². The summed E-state index contributed by atoms with van der Waals surface area (Å²) in [5.74, 6) is -0.746. The summed E-state index contributed by atoms with van der Waals surface area (Å²) in [4.78, 5) is 58.7. The molecule has 2 amide bonds. The van der Waals surface area contributed by atoms with Crippen LogP contribution in [0.4, 0.5) is 5.13 Å². The largest absolute Gasteiger partial charge is 0.497 e. The van der Waals surface area contributed by atoms with Crippen molar-refractivity contribution in [3.8, 4) is 5.75 Å². The third kappa shape index (κ3) is 9.58. The van der Waals surface area contributed by atoms with Gasteiger partial charge in [-0.1, -0.05) is 205 Å². The van der Waals surface area contributed by atoms with Crippen LogP contribution in [0.25, 0.3) is 5.57 Å². The standard InChI is InChI=1S/C62H49N5O6S3/c1-71-49-36-34-42(35-37-49)39-72-59(70)55-50(52-33-20-38-74-52)40-75-58-54(57(69)67(55)58)64-56(68)53(66-73-62(46-27-14-5-15-28-46,47-29-16-6-17-30-47)48-31-18-7-19-32-48)51-41-76-60(63-51)65-61(43-21-8-2-9-22-43,44-23-10-3-11-24-44)45-25-12-4-13-26-45/h2-38,41,54,58H,39-40H2,1H3,(H,63,65)(H,64,68)/b66-53-/t54-,58-/m1/s1. The minimum Gasteiger partial charge on any atom is -0.497 e. The number of amides is 2. The number of fused-ring (bicyclic) bond motifs is 1. The number of thiophene rings is 1. The number of oxime groups is 1. The Balaban J connectivity index is 0.983. The zero-order valence-electron chi connectivity index (χ0n) is 41.0. The fourth-order valence-corrected chi connectivity index (χ4v) is 12.8. The van der Waals surface area contributed by atoms with Gasteiger partial charge in [0.05, 0.1) is 7.11 Å². The van der Waals surface area contributed by atoms with Crippen molar-refractivity contribution in [3.63, 3.8) is 0 Å². The van der Waals surface area contributed by atoms with E-state index in [4.69, 9.17) is 24.5 Å². The number of anilines is 1. The maximum Gasteiger partial charge on any atom is 0.355 e. The van der Waals surface area contributed by atoms with Crippen molar-refractivity contribution in [1.29, 1.82) is 0 Å². The van der Waals surface area contributed by atoms with E-state index in [1.807, 2.05) is 175 Å². The van der Waals surface area contributed by atoms with Crippen LogP contribution >= 0.6 is 34.4 Å². The zero-order chi connectivity index (χ0) is 51.9. The average Bonchev–Trinajstić information content (AvgIpc) is 4.30. The van der Waals surface area contributed by atoms with Crippen LogP contribution < -0.4 is 15.4 Å². The van der Waals surface area contributed by atoms with Crippen molar-refractivity contribution in [2.45, 2.75) is 29.2 Å². The van der Waals surface area contributed by atoms with Crippen LogP contribution in [0.2, 0.25) is 0 Å². The molecular weight excluding hydrogens is 1010 g/mol. The normalized spacial score (nSPS) is 15.5. The first-order valence-corrected chi connectivity index (χ1v) is 27.3. The fraction of sp³-hybridized carbons (Fsp3) is 0.113. The Kier molecular flexibility index (Phi) is 14.4. The van der Waals surface area contributed by atoms with Gasteiger partial charge in [0.1, 0.15) is 40.7 Å². The smallest absolute Gasteiger partial charge is 0.355 e. The molecule has 0 unspecified atom stereocenters. The third-order valence-electron chi connectivity index (χ3n) is 13.5. The van der Waals surface area contributed by atoms with Gasteiger partial charge in [0.2, 0.25) is 5.60 Å².